The molecule has 0 spiro atoms. The minimum Gasteiger partial charge on any atom is -0.363 e. The van der Waals surface area contributed by atoms with Crippen LogP contribution in [0.5, 0.6) is 0 Å². The van der Waals surface area contributed by atoms with Crippen molar-refractivity contribution in [3.63, 3.8) is 0 Å². The first kappa shape index (κ1) is 21.6. The molecule has 2 N–H and O–H groups in total. The molecule has 0 saturated carbocycles. The summed E-state index contributed by atoms with van der Waals surface area (Å²) >= 11 is 8.92. The number of nitrogens with one attached hydrogen (secondary N) is 2. The van der Waals surface area contributed by atoms with Gasteiger partial charge in [-0.2, -0.15) is 18.3 Å². The van der Waals surface area contributed by atoms with E-state index in [1.54, 1.807) is 24.3 Å². The van der Waals surface area contributed by atoms with E-state index in [0.29, 0.717) is 5.56 Å². The molecular formula is C20H14BrClF4N4O. The molecule has 1 aromatic heterocycles. The van der Waals surface area contributed by atoms with Gasteiger partial charge in [-0.1, -0.05) is 39.7 Å². The predicted molar refractivity (Wildman–Crippen MR) is 112 cm³/mol. The van der Waals surface area contributed by atoms with E-state index in [1.165, 1.54) is 18.2 Å². The number of nitrogens with zero attached hydrogens (tertiary/aromatic N) is 2. The molecule has 0 bridgehead atoms. The van der Waals surface area contributed by atoms with Gasteiger partial charge in [-0.25, -0.2) is 9.07 Å². The quantitative estimate of drug-likeness (QED) is 0.398. The lowest BCUT2D eigenvalue weighted by atomic mass is 9.97. The van der Waals surface area contributed by atoms with Gasteiger partial charge in [0.25, 0.3) is 5.91 Å². The SMILES string of the molecule is O=C(Nc1ccc(Cl)c(F)c1)c1cc2n(n1)C(C(F)(F)F)CC(c1ccc(Br)cc1)N2. The molecule has 2 atom stereocenters. The Labute approximate surface area is 187 Å². The maximum absolute atomic E-state index is 13.8. The summed E-state index contributed by atoms with van der Waals surface area (Å²) < 4.78 is 56.5. The zero-order chi connectivity index (χ0) is 22.3. The van der Waals surface area contributed by atoms with Crippen molar-refractivity contribution in [3.05, 3.63) is 75.1 Å². The maximum Gasteiger partial charge on any atom is 0.410 e. The average Bonchev–Trinajstić information content (AvgIpc) is 3.14. The predicted octanol–water partition coefficient (Wildman–Crippen LogP) is 6.35. The van der Waals surface area contributed by atoms with Crippen molar-refractivity contribution in [3.8, 4) is 0 Å². The van der Waals surface area contributed by atoms with Crippen LogP contribution < -0.4 is 10.6 Å². The highest BCUT2D eigenvalue weighted by Gasteiger charge is 2.46. The summed E-state index contributed by atoms with van der Waals surface area (Å²) in [7, 11) is 0. The van der Waals surface area contributed by atoms with Crippen molar-refractivity contribution in [2.24, 2.45) is 0 Å². The van der Waals surface area contributed by atoms with Crippen LogP contribution in [-0.2, 0) is 0 Å². The van der Waals surface area contributed by atoms with Crippen LogP contribution in [0.3, 0.4) is 0 Å². The summed E-state index contributed by atoms with van der Waals surface area (Å²) in [4.78, 5) is 12.5. The summed E-state index contributed by atoms with van der Waals surface area (Å²) in [6, 6.07) is 9.30. The Bertz CT molecular complexity index is 1130. The number of carbonyl (C=O) groups excluding carboxylic acids is 1. The third-order valence-electron chi connectivity index (χ3n) is 4.87. The van der Waals surface area contributed by atoms with Crippen LogP contribution in [0.15, 0.2) is 53.0 Å². The van der Waals surface area contributed by atoms with E-state index in [1.807, 2.05) is 0 Å². The second-order valence-electron chi connectivity index (χ2n) is 6.98. The molecule has 5 nitrogen and oxygen atoms in total. The largest absolute Gasteiger partial charge is 0.410 e. The van der Waals surface area contributed by atoms with Crippen LogP contribution in [0.1, 0.15) is 34.6 Å². The monoisotopic (exact) mass is 516 g/mol. The molecule has 2 heterocycles. The van der Waals surface area contributed by atoms with Crippen LogP contribution in [0, 0.1) is 5.82 Å². The second kappa shape index (κ2) is 8.16. The Kier molecular flexibility index (Phi) is 5.69. The smallest absolute Gasteiger partial charge is 0.363 e. The molecule has 11 heteroatoms. The van der Waals surface area contributed by atoms with E-state index in [0.717, 1.165) is 15.2 Å². The zero-order valence-corrected chi connectivity index (χ0v) is 17.9. The fourth-order valence-corrected chi connectivity index (χ4v) is 3.75. The van der Waals surface area contributed by atoms with Crippen LogP contribution in [0.25, 0.3) is 0 Å². The molecule has 0 fully saturated rings. The number of carbonyl (C=O) groups is 1. The summed E-state index contributed by atoms with van der Waals surface area (Å²) in [5, 5.41) is 9.18. The van der Waals surface area contributed by atoms with E-state index in [4.69, 9.17) is 11.6 Å². The number of alkyl halides is 3. The highest BCUT2D eigenvalue weighted by molar-refractivity contribution is 9.10. The molecule has 1 amide bonds. The Hall–Kier alpha value is -2.59. The lowest BCUT2D eigenvalue weighted by molar-refractivity contribution is -0.173. The molecule has 31 heavy (non-hydrogen) atoms. The number of rotatable bonds is 3. The molecule has 0 aliphatic carbocycles. The number of hydrogen-bond acceptors (Lipinski definition) is 3. The summed E-state index contributed by atoms with van der Waals surface area (Å²) in [5.74, 6) is -1.44. The highest BCUT2D eigenvalue weighted by atomic mass is 79.9. The number of aromatic nitrogens is 2. The van der Waals surface area contributed by atoms with Gasteiger partial charge in [-0.3, -0.25) is 4.79 Å². The van der Waals surface area contributed by atoms with Crippen molar-refractivity contribution >= 4 is 44.9 Å². The van der Waals surface area contributed by atoms with E-state index >= 15 is 0 Å². The van der Waals surface area contributed by atoms with Crippen molar-refractivity contribution in [2.45, 2.75) is 24.7 Å². The van der Waals surface area contributed by atoms with Crippen LogP contribution in [-0.4, -0.2) is 21.9 Å². The Morgan fingerprint density at radius 3 is 2.55 bits per heavy atom. The molecule has 0 radical (unpaired) electrons. The van der Waals surface area contributed by atoms with Crippen LogP contribution in [0.2, 0.25) is 5.02 Å². The average molecular weight is 518 g/mol. The first-order valence-corrected chi connectivity index (χ1v) is 10.2. The van der Waals surface area contributed by atoms with Gasteiger partial charge < -0.3 is 10.6 Å². The lowest BCUT2D eigenvalue weighted by Gasteiger charge is -2.33. The Balaban J connectivity index is 1.63. The topological polar surface area (TPSA) is 59.0 Å². The van der Waals surface area contributed by atoms with Crippen molar-refractivity contribution in [1.82, 2.24) is 9.78 Å². The first-order valence-electron chi connectivity index (χ1n) is 9.06. The van der Waals surface area contributed by atoms with E-state index in [-0.39, 0.29) is 28.6 Å². The third-order valence-corrected chi connectivity index (χ3v) is 5.71. The highest BCUT2D eigenvalue weighted by Crippen LogP contribution is 2.43. The van der Waals surface area contributed by atoms with Crippen molar-refractivity contribution < 1.29 is 22.4 Å². The third kappa shape index (κ3) is 4.54. The van der Waals surface area contributed by atoms with Gasteiger partial charge in [0.2, 0.25) is 0 Å². The number of amides is 1. The van der Waals surface area contributed by atoms with E-state index in [2.05, 4.69) is 31.7 Å². The first-order chi connectivity index (χ1) is 14.6. The number of fused-ring (bicyclic) bond motifs is 1. The van der Waals surface area contributed by atoms with Crippen LogP contribution in [0.4, 0.5) is 29.1 Å². The summed E-state index contributed by atoms with van der Waals surface area (Å²) in [6.45, 7) is 0. The number of halogens is 6. The fourth-order valence-electron chi connectivity index (χ4n) is 3.37. The molecule has 162 valence electrons. The van der Waals surface area contributed by atoms with Crippen molar-refractivity contribution in [2.75, 3.05) is 10.6 Å². The lowest BCUT2D eigenvalue weighted by Crippen LogP contribution is -2.35. The maximum atomic E-state index is 13.8. The van der Waals surface area contributed by atoms with E-state index in [9.17, 15) is 22.4 Å². The van der Waals surface area contributed by atoms with Gasteiger partial charge in [0.1, 0.15) is 11.6 Å². The standard InChI is InChI=1S/C20H14BrClF4N4O/c21-11-3-1-10(2-4-11)15-8-17(20(24,25)26)30-18(28-15)9-16(29-30)19(31)27-12-5-6-13(22)14(23)7-12/h1-7,9,15,17,28H,8H2,(H,27,31). The fraction of sp³-hybridized carbons (Fsp3) is 0.200. The van der Waals surface area contributed by atoms with E-state index < -0.39 is 30.0 Å². The molecule has 2 unspecified atom stereocenters. The van der Waals surface area contributed by atoms with Crippen LogP contribution >= 0.6 is 27.5 Å². The zero-order valence-electron chi connectivity index (χ0n) is 15.6. The molecule has 2 aromatic carbocycles. The van der Waals surface area contributed by atoms with Gasteiger partial charge in [0.05, 0.1) is 11.1 Å². The van der Waals surface area contributed by atoms with Gasteiger partial charge in [0.15, 0.2) is 11.7 Å². The van der Waals surface area contributed by atoms with Crippen molar-refractivity contribution in [1.29, 1.82) is 0 Å². The Morgan fingerprint density at radius 2 is 1.90 bits per heavy atom. The minimum atomic E-state index is -4.57. The summed E-state index contributed by atoms with van der Waals surface area (Å²) in [6.07, 6.45) is -4.85. The molecule has 1 aliphatic rings. The minimum absolute atomic E-state index is 0.0638. The molecule has 1 aliphatic heterocycles. The molecule has 4 rings (SSSR count). The van der Waals surface area contributed by atoms with Gasteiger partial charge >= 0.3 is 6.18 Å². The number of anilines is 2. The summed E-state index contributed by atoms with van der Waals surface area (Å²) in [5.41, 5.74) is 0.544. The number of hydrogen-bond donors (Lipinski definition) is 2. The molecular weight excluding hydrogens is 504 g/mol. The Morgan fingerprint density at radius 1 is 1.19 bits per heavy atom. The normalized spacial score (nSPS) is 18.3. The molecule has 0 saturated heterocycles. The van der Waals surface area contributed by atoms with Gasteiger partial charge in [0, 0.05) is 22.6 Å². The number of benzene rings is 2. The second-order valence-corrected chi connectivity index (χ2v) is 8.31. The van der Waals surface area contributed by atoms with Gasteiger partial charge in [-0.15, -0.1) is 0 Å². The molecule has 3 aromatic rings. The van der Waals surface area contributed by atoms with Gasteiger partial charge in [-0.05, 0) is 35.9 Å².